The highest BCUT2D eigenvalue weighted by Crippen LogP contribution is 2.39. The summed E-state index contributed by atoms with van der Waals surface area (Å²) in [5.74, 6) is 0.743. The molecule has 142 valence electrons. The second kappa shape index (κ2) is 8.84. The molecule has 2 aliphatic rings. The molecule has 1 atom stereocenters. The number of hydroxylamine groups is 1. The van der Waals surface area contributed by atoms with E-state index in [1.807, 2.05) is 0 Å². The Labute approximate surface area is 159 Å². The maximum Gasteiger partial charge on any atom is 0.267 e. The molecule has 1 aromatic rings. The number of nitrogens with one attached hydrogen (secondary N) is 3. The van der Waals surface area contributed by atoms with Gasteiger partial charge < -0.3 is 10.6 Å². The maximum absolute atomic E-state index is 11.1. The summed E-state index contributed by atoms with van der Waals surface area (Å²) in [6.45, 7) is 2.00. The predicted octanol–water partition coefficient (Wildman–Crippen LogP) is 3.37. The molecule has 3 rings (SSSR count). The second-order valence-electron chi connectivity index (χ2n) is 7.30. The molecule has 1 saturated carbocycles. The Kier molecular flexibility index (Phi) is 6.51. The number of anilines is 1. The Hall–Kier alpha value is -1.63. The molecule has 0 bridgehead atoms. The zero-order valence-corrected chi connectivity index (χ0v) is 15.7. The van der Waals surface area contributed by atoms with E-state index in [1.54, 1.807) is 23.8 Å². The van der Waals surface area contributed by atoms with Gasteiger partial charge in [0, 0.05) is 18.8 Å². The van der Waals surface area contributed by atoms with E-state index in [4.69, 9.17) is 16.8 Å². The minimum Gasteiger partial charge on any atom is -0.362 e. The quantitative estimate of drug-likeness (QED) is 0.358. The Bertz CT molecular complexity index is 653. The lowest BCUT2D eigenvalue weighted by atomic mass is 9.71. The fraction of sp³-hybridized carbons (Fsp3) is 0.579. The highest BCUT2D eigenvalue weighted by molar-refractivity contribution is 6.33. The summed E-state index contributed by atoms with van der Waals surface area (Å²) in [7, 11) is 0. The molecule has 0 unspecified atom stereocenters. The average molecular weight is 379 g/mol. The van der Waals surface area contributed by atoms with Gasteiger partial charge in [0.15, 0.2) is 0 Å². The van der Waals surface area contributed by atoms with E-state index in [9.17, 15) is 4.79 Å². The van der Waals surface area contributed by atoms with Crippen LogP contribution in [0.3, 0.4) is 0 Å². The lowest BCUT2D eigenvalue weighted by Gasteiger charge is -2.46. The van der Waals surface area contributed by atoms with Crippen molar-refractivity contribution in [2.45, 2.75) is 50.5 Å². The Morgan fingerprint density at radius 2 is 2.15 bits per heavy atom. The highest BCUT2D eigenvalue weighted by Gasteiger charge is 2.40. The van der Waals surface area contributed by atoms with E-state index in [1.165, 1.54) is 38.2 Å². The van der Waals surface area contributed by atoms with Crippen molar-refractivity contribution in [3.63, 3.8) is 0 Å². The van der Waals surface area contributed by atoms with Crippen molar-refractivity contribution in [2.75, 3.05) is 18.4 Å². The Morgan fingerprint density at radius 1 is 1.35 bits per heavy atom. The Morgan fingerprint density at radius 3 is 2.81 bits per heavy atom. The molecule has 7 heteroatoms. The topological polar surface area (TPSA) is 86.3 Å². The molecule has 0 aromatic carbocycles. The molecule has 1 amide bonds. The summed E-state index contributed by atoms with van der Waals surface area (Å²) in [6.07, 6.45) is 13.2. The molecule has 1 aliphatic carbocycles. The predicted molar refractivity (Wildman–Crippen MR) is 103 cm³/mol. The molecule has 0 spiro atoms. The second-order valence-corrected chi connectivity index (χ2v) is 7.71. The zero-order valence-electron chi connectivity index (χ0n) is 14.9. The van der Waals surface area contributed by atoms with Crippen LogP contribution in [0.1, 0.15) is 50.5 Å². The number of hydrogen-bond donors (Lipinski definition) is 4. The monoisotopic (exact) mass is 378 g/mol. The Balaban J connectivity index is 1.78. The van der Waals surface area contributed by atoms with Gasteiger partial charge in [0.1, 0.15) is 5.82 Å². The molecule has 6 nitrogen and oxygen atoms in total. The molecule has 1 aliphatic heterocycles. The number of piperidine rings is 1. The van der Waals surface area contributed by atoms with E-state index in [0.717, 1.165) is 25.9 Å². The van der Waals surface area contributed by atoms with Crippen LogP contribution in [0.25, 0.3) is 6.08 Å². The van der Waals surface area contributed by atoms with Crippen LogP contribution >= 0.6 is 11.6 Å². The van der Waals surface area contributed by atoms with E-state index >= 15 is 0 Å². The van der Waals surface area contributed by atoms with Gasteiger partial charge in [0.05, 0.1) is 10.6 Å². The molecule has 1 aromatic heterocycles. The van der Waals surface area contributed by atoms with Crippen molar-refractivity contribution in [3.8, 4) is 0 Å². The van der Waals surface area contributed by atoms with Gasteiger partial charge in [-0.2, -0.15) is 0 Å². The van der Waals surface area contributed by atoms with E-state index < -0.39 is 5.91 Å². The number of hydrogen-bond acceptors (Lipinski definition) is 5. The fourth-order valence-electron chi connectivity index (χ4n) is 4.22. The van der Waals surface area contributed by atoms with Gasteiger partial charge in [-0.15, -0.1) is 0 Å². The molecule has 4 N–H and O–H groups in total. The number of halogens is 1. The van der Waals surface area contributed by atoms with Gasteiger partial charge >= 0.3 is 0 Å². The smallest absolute Gasteiger partial charge is 0.267 e. The van der Waals surface area contributed by atoms with Crippen molar-refractivity contribution in [3.05, 3.63) is 28.9 Å². The fourth-order valence-corrected chi connectivity index (χ4v) is 4.44. The summed E-state index contributed by atoms with van der Waals surface area (Å²) in [5, 5.41) is 16.3. The van der Waals surface area contributed by atoms with Crippen molar-refractivity contribution in [1.29, 1.82) is 0 Å². The van der Waals surface area contributed by atoms with E-state index in [-0.39, 0.29) is 5.54 Å². The van der Waals surface area contributed by atoms with Crippen LogP contribution in [0.5, 0.6) is 0 Å². The lowest BCUT2D eigenvalue weighted by Crippen LogP contribution is -2.56. The van der Waals surface area contributed by atoms with Gasteiger partial charge in [-0.05, 0) is 55.9 Å². The first kappa shape index (κ1) is 19.1. The molecule has 26 heavy (non-hydrogen) atoms. The summed E-state index contributed by atoms with van der Waals surface area (Å²) >= 11 is 6.47. The van der Waals surface area contributed by atoms with Crippen LogP contribution in [-0.2, 0) is 4.79 Å². The maximum atomic E-state index is 11.1. The summed E-state index contributed by atoms with van der Waals surface area (Å²) < 4.78 is 0. The normalized spacial score (nSPS) is 24.5. The van der Waals surface area contributed by atoms with E-state index in [0.29, 0.717) is 22.3 Å². The minimum atomic E-state index is -0.590. The van der Waals surface area contributed by atoms with Crippen LogP contribution in [0.2, 0.25) is 5.02 Å². The molecule has 2 fully saturated rings. The van der Waals surface area contributed by atoms with Crippen molar-refractivity contribution >= 4 is 29.4 Å². The highest BCUT2D eigenvalue weighted by atomic mass is 35.5. The number of carbonyl (C=O) groups is 1. The van der Waals surface area contributed by atoms with Gasteiger partial charge in [0.2, 0.25) is 0 Å². The van der Waals surface area contributed by atoms with Gasteiger partial charge in [-0.25, -0.2) is 10.5 Å². The molecular weight excluding hydrogens is 352 g/mol. The first-order valence-electron chi connectivity index (χ1n) is 9.39. The van der Waals surface area contributed by atoms with Crippen LogP contribution in [-0.4, -0.2) is 34.7 Å². The average Bonchev–Trinajstić information content (AvgIpc) is 2.69. The summed E-state index contributed by atoms with van der Waals surface area (Å²) in [4.78, 5) is 15.6. The number of carbonyl (C=O) groups excluding carboxylic acids is 1. The number of rotatable bonds is 5. The molecule has 2 heterocycles. The van der Waals surface area contributed by atoms with Crippen LogP contribution < -0.4 is 16.1 Å². The molecule has 1 saturated heterocycles. The third-order valence-electron chi connectivity index (χ3n) is 5.57. The van der Waals surface area contributed by atoms with Crippen LogP contribution in [0, 0.1) is 5.92 Å². The minimum absolute atomic E-state index is 0.00341. The number of pyridine rings is 1. The summed E-state index contributed by atoms with van der Waals surface area (Å²) in [5.41, 5.74) is 2.27. The summed E-state index contributed by atoms with van der Waals surface area (Å²) in [6, 6.07) is 1.78. The van der Waals surface area contributed by atoms with Crippen LogP contribution in [0.4, 0.5) is 5.82 Å². The van der Waals surface area contributed by atoms with Crippen molar-refractivity contribution < 1.29 is 10.0 Å². The lowest BCUT2D eigenvalue weighted by molar-refractivity contribution is -0.124. The first-order chi connectivity index (χ1) is 12.6. The number of nitrogens with zero attached hydrogens (tertiary/aromatic N) is 1. The molecule has 0 radical (unpaired) electrons. The third kappa shape index (κ3) is 4.55. The van der Waals surface area contributed by atoms with Gasteiger partial charge in [-0.3, -0.25) is 10.0 Å². The van der Waals surface area contributed by atoms with Gasteiger partial charge in [0.25, 0.3) is 5.91 Å². The first-order valence-corrected chi connectivity index (χ1v) is 9.77. The zero-order chi connectivity index (χ0) is 18.4. The number of aromatic nitrogens is 1. The number of amides is 1. The van der Waals surface area contributed by atoms with Gasteiger partial charge in [-0.1, -0.05) is 30.9 Å². The van der Waals surface area contributed by atoms with Crippen molar-refractivity contribution in [2.24, 2.45) is 5.92 Å². The molecular formula is C19H27ClN4O2. The van der Waals surface area contributed by atoms with Crippen molar-refractivity contribution in [1.82, 2.24) is 15.8 Å². The van der Waals surface area contributed by atoms with Crippen LogP contribution in [0.15, 0.2) is 18.3 Å². The largest absolute Gasteiger partial charge is 0.362 e. The third-order valence-corrected chi connectivity index (χ3v) is 5.86. The standard InChI is InChI=1S/C19H27ClN4O2/c20-16-11-14(7-8-17(25)24-26)12-22-18(16)23-19(9-4-10-21-13-19)15-5-2-1-3-6-15/h7-8,11-12,15,21,26H,1-6,9-10,13H2,(H,22,23)(H,24,25)/b8-7+/t19-/m0/s1. The SMILES string of the molecule is O=C(/C=C/c1cnc(N[C@@]2(C3CCCCC3)CCCNC2)c(Cl)c1)NO. The van der Waals surface area contributed by atoms with E-state index in [2.05, 4.69) is 15.6 Å².